The van der Waals surface area contributed by atoms with Crippen molar-refractivity contribution in [1.82, 2.24) is 20.0 Å². The predicted molar refractivity (Wildman–Crippen MR) is 197 cm³/mol. The highest BCUT2D eigenvalue weighted by Crippen LogP contribution is 2.56. The summed E-state index contributed by atoms with van der Waals surface area (Å²) in [5.41, 5.74) is 0.0661. The minimum atomic E-state index is -1.47. The standard InChI is InChI=1S/C41H50N4O9/c1-51-27-31-36(29-13-7-3-8-14-29)53-40(50)34-32-16-17-41(54-32)35(34)38(48)45(30(26-46)25-28-11-5-2-6-12-28)37(41)39(49)44(18-10-4-9-15-33(47)42-31)20-19-43-21-23-52-24-22-43/h2-8,10-14,16-17,30-32,34-37,46H,9,15,18-27H2,1H3,(H,42,47)/b10-4-/t30-,31-,32+,34-,35-,36-,37+,41-/m1/s1. The third-order valence-corrected chi connectivity index (χ3v) is 11.3. The van der Waals surface area contributed by atoms with Gasteiger partial charge in [-0.1, -0.05) is 85.0 Å². The Morgan fingerprint density at radius 3 is 2.43 bits per heavy atom. The molecular formula is C41H50N4O9. The number of esters is 1. The third-order valence-electron chi connectivity index (χ3n) is 11.3. The molecule has 3 fully saturated rings. The van der Waals surface area contributed by atoms with Crippen molar-refractivity contribution in [3.8, 4) is 0 Å². The minimum Gasteiger partial charge on any atom is -0.455 e. The summed E-state index contributed by atoms with van der Waals surface area (Å²) in [6.07, 6.45) is 6.39. The zero-order valence-corrected chi connectivity index (χ0v) is 30.7. The van der Waals surface area contributed by atoms with Crippen LogP contribution in [-0.4, -0.2) is 140 Å². The van der Waals surface area contributed by atoms with Crippen molar-refractivity contribution in [1.29, 1.82) is 0 Å². The smallest absolute Gasteiger partial charge is 0.313 e. The summed E-state index contributed by atoms with van der Waals surface area (Å²) in [4.78, 5) is 63.5. The van der Waals surface area contributed by atoms with Crippen molar-refractivity contribution in [3.63, 3.8) is 0 Å². The highest BCUT2D eigenvalue weighted by atomic mass is 16.6. The van der Waals surface area contributed by atoms with Crippen molar-refractivity contribution >= 4 is 23.7 Å². The first-order valence-corrected chi connectivity index (χ1v) is 19.0. The molecule has 7 rings (SSSR count). The number of benzene rings is 2. The van der Waals surface area contributed by atoms with Gasteiger partial charge < -0.3 is 39.2 Å². The molecule has 5 aliphatic heterocycles. The van der Waals surface area contributed by atoms with Gasteiger partial charge in [-0.15, -0.1) is 0 Å². The molecule has 5 heterocycles. The first-order chi connectivity index (χ1) is 26.3. The molecule has 3 amide bonds. The molecule has 3 saturated heterocycles. The highest BCUT2D eigenvalue weighted by molar-refractivity contribution is 5.99. The first kappa shape index (κ1) is 37.9. The third kappa shape index (κ3) is 7.60. The number of cyclic esters (lactones) is 1. The van der Waals surface area contributed by atoms with Crippen LogP contribution >= 0.6 is 0 Å². The van der Waals surface area contributed by atoms with Crippen LogP contribution in [0.3, 0.4) is 0 Å². The van der Waals surface area contributed by atoms with Crippen molar-refractivity contribution in [2.45, 2.75) is 55.2 Å². The maximum atomic E-state index is 15.2. The molecule has 54 heavy (non-hydrogen) atoms. The Morgan fingerprint density at radius 1 is 0.963 bits per heavy atom. The van der Waals surface area contributed by atoms with E-state index in [-0.39, 0.29) is 31.4 Å². The van der Waals surface area contributed by atoms with Gasteiger partial charge in [0, 0.05) is 46.3 Å². The molecule has 1 spiro atoms. The van der Waals surface area contributed by atoms with Crippen LogP contribution in [0.15, 0.2) is 85.0 Å². The summed E-state index contributed by atoms with van der Waals surface area (Å²) in [6, 6.07) is 16.0. The van der Waals surface area contributed by atoms with Crippen molar-refractivity contribution in [3.05, 3.63) is 96.1 Å². The second-order valence-electron chi connectivity index (χ2n) is 14.6. The number of aliphatic hydroxyl groups excluding tert-OH is 1. The average Bonchev–Trinajstić information content (AvgIpc) is 3.84. The van der Waals surface area contributed by atoms with Gasteiger partial charge in [0.2, 0.25) is 17.7 Å². The molecule has 2 aromatic rings. The number of methoxy groups -OCH3 is 1. The molecule has 0 aromatic heterocycles. The molecule has 288 valence electrons. The maximum absolute atomic E-state index is 15.2. The number of morpholine rings is 1. The molecule has 0 aliphatic carbocycles. The van der Waals surface area contributed by atoms with E-state index in [4.69, 9.17) is 18.9 Å². The minimum absolute atomic E-state index is 0.0609. The Kier molecular flexibility index (Phi) is 11.9. The molecule has 2 aromatic carbocycles. The van der Waals surface area contributed by atoms with Gasteiger partial charge in [-0.25, -0.2) is 0 Å². The van der Waals surface area contributed by atoms with Gasteiger partial charge in [-0.2, -0.15) is 0 Å². The van der Waals surface area contributed by atoms with Crippen LogP contribution in [0.2, 0.25) is 0 Å². The normalized spacial score (nSPS) is 31.7. The number of carbonyl (C=O) groups is 4. The summed E-state index contributed by atoms with van der Waals surface area (Å²) in [5, 5.41) is 13.9. The van der Waals surface area contributed by atoms with Gasteiger partial charge in [0.15, 0.2) is 0 Å². The van der Waals surface area contributed by atoms with Crippen LogP contribution in [0.5, 0.6) is 0 Å². The quantitative estimate of drug-likeness (QED) is 0.272. The van der Waals surface area contributed by atoms with Crippen LogP contribution in [0.25, 0.3) is 0 Å². The molecule has 0 unspecified atom stereocenters. The number of fused-ring (bicyclic) bond motifs is 2. The molecule has 8 atom stereocenters. The summed E-state index contributed by atoms with van der Waals surface area (Å²) >= 11 is 0. The largest absolute Gasteiger partial charge is 0.455 e. The molecule has 13 nitrogen and oxygen atoms in total. The van der Waals surface area contributed by atoms with Gasteiger partial charge in [0.05, 0.1) is 50.5 Å². The molecule has 2 N–H and O–H groups in total. The lowest BCUT2D eigenvalue weighted by molar-refractivity contribution is -0.163. The van der Waals surface area contributed by atoms with Crippen molar-refractivity contribution in [2.24, 2.45) is 11.8 Å². The molecule has 5 aliphatic rings. The van der Waals surface area contributed by atoms with E-state index in [1.54, 1.807) is 17.1 Å². The summed E-state index contributed by atoms with van der Waals surface area (Å²) in [7, 11) is 1.51. The monoisotopic (exact) mass is 742 g/mol. The summed E-state index contributed by atoms with van der Waals surface area (Å²) < 4.78 is 24.1. The number of nitrogens with one attached hydrogen (secondary N) is 1. The van der Waals surface area contributed by atoms with Crippen LogP contribution < -0.4 is 5.32 Å². The number of hydrogen-bond acceptors (Lipinski definition) is 10. The Morgan fingerprint density at radius 2 is 1.70 bits per heavy atom. The number of allylic oxidation sites excluding steroid dienone is 1. The van der Waals surface area contributed by atoms with E-state index in [1.807, 2.05) is 72.8 Å². The van der Waals surface area contributed by atoms with Gasteiger partial charge in [-0.05, 0) is 24.0 Å². The first-order valence-electron chi connectivity index (χ1n) is 19.0. The zero-order chi connectivity index (χ0) is 37.7. The van der Waals surface area contributed by atoms with Gasteiger partial charge >= 0.3 is 5.97 Å². The highest BCUT2D eigenvalue weighted by Gasteiger charge is 2.74. The number of amides is 3. The van der Waals surface area contributed by atoms with Crippen molar-refractivity contribution in [2.75, 3.05) is 66.3 Å². The van der Waals surface area contributed by atoms with Gasteiger partial charge in [-0.3, -0.25) is 24.1 Å². The maximum Gasteiger partial charge on any atom is 0.313 e. The molecular weight excluding hydrogens is 692 g/mol. The van der Waals surface area contributed by atoms with Gasteiger partial charge in [0.1, 0.15) is 23.7 Å². The predicted octanol–water partition coefficient (Wildman–Crippen LogP) is 1.67. The van der Waals surface area contributed by atoms with E-state index >= 15 is 4.79 Å². The fourth-order valence-electron chi connectivity index (χ4n) is 8.66. The average molecular weight is 743 g/mol. The number of likely N-dealkylation sites (tertiary alicyclic amines) is 1. The second kappa shape index (κ2) is 17.0. The topological polar surface area (TPSA) is 147 Å². The van der Waals surface area contributed by atoms with Crippen LogP contribution in [-0.2, 0) is 44.5 Å². The number of aliphatic hydroxyl groups is 1. The summed E-state index contributed by atoms with van der Waals surface area (Å²) in [6.45, 7) is 3.53. The van der Waals surface area contributed by atoms with E-state index in [0.717, 1.165) is 18.7 Å². The Balaban J connectivity index is 1.30. The fourth-order valence-corrected chi connectivity index (χ4v) is 8.66. The van der Waals surface area contributed by atoms with Crippen molar-refractivity contribution < 1.29 is 43.2 Å². The molecule has 0 radical (unpaired) electrons. The number of hydrogen-bond donors (Lipinski definition) is 2. The van der Waals surface area contributed by atoms with Crippen LogP contribution in [0.1, 0.15) is 30.1 Å². The van der Waals surface area contributed by atoms with E-state index in [1.165, 1.54) is 12.0 Å². The van der Waals surface area contributed by atoms with Gasteiger partial charge in [0.25, 0.3) is 0 Å². The fraction of sp³-hybridized carbons (Fsp3) is 0.512. The molecule has 0 saturated carbocycles. The second-order valence-corrected chi connectivity index (χ2v) is 14.6. The summed E-state index contributed by atoms with van der Waals surface area (Å²) in [5.74, 6) is -3.87. The van der Waals surface area contributed by atoms with E-state index < -0.39 is 66.3 Å². The Labute approximate surface area is 315 Å². The van der Waals surface area contributed by atoms with E-state index in [2.05, 4.69) is 10.2 Å². The number of ether oxygens (including phenoxy) is 4. The van der Waals surface area contributed by atoms with E-state index in [9.17, 15) is 19.5 Å². The number of rotatable bonds is 10. The lowest BCUT2D eigenvalue weighted by atomic mass is 9.74. The lowest BCUT2D eigenvalue weighted by Crippen LogP contribution is -2.59. The molecule has 13 heteroatoms. The number of carbonyl (C=O) groups excluding carboxylic acids is 4. The van der Waals surface area contributed by atoms with Crippen LogP contribution in [0.4, 0.5) is 0 Å². The Hall–Kier alpha value is -4.40. The lowest BCUT2D eigenvalue weighted by Gasteiger charge is -2.39. The SMILES string of the molecule is COC[C@H]1NC(=O)CC/C=C\CN(CCN2CCOCC2)C(=O)[C@@H]2N([C@@H](CO)Cc3ccccc3)C(=O)[C@H]3[C@H](C(=O)O[C@@H]1c1ccccc1)[C@@H]1C=C[C@]23O1. The molecule has 5 bridgehead atoms. The zero-order valence-electron chi connectivity index (χ0n) is 30.7. The van der Waals surface area contributed by atoms with E-state index in [0.29, 0.717) is 44.7 Å². The number of nitrogens with zero attached hydrogens (tertiary/aromatic N) is 3. The Bertz CT molecular complexity index is 1700. The van der Waals surface area contributed by atoms with Crippen LogP contribution in [0, 0.1) is 11.8 Å².